The summed E-state index contributed by atoms with van der Waals surface area (Å²) in [5, 5.41) is 0. The van der Waals surface area contributed by atoms with E-state index in [1.807, 2.05) is 0 Å². The number of unbranched alkanes of at least 4 members (excludes halogenated alkanes) is 27. The minimum atomic E-state index is -0.308. The van der Waals surface area contributed by atoms with Gasteiger partial charge in [-0.2, -0.15) is 0 Å². The van der Waals surface area contributed by atoms with Gasteiger partial charge in [-0.1, -0.05) is 174 Å². The molecule has 0 amide bonds. The maximum Gasteiger partial charge on any atom is 0.333 e. The number of ether oxygens (including phenoxy) is 4. The Morgan fingerprint density at radius 3 is 0.900 bits per heavy atom. The van der Waals surface area contributed by atoms with Crippen LogP contribution in [0.2, 0.25) is 0 Å². The molecular weight excluding hydrogens is 755 g/mol. The fraction of sp³-hybridized carbons (Fsp3) is 0.843. The first-order chi connectivity index (χ1) is 29.0. The Morgan fingerprint density at radius 2 is 0.617 bits per heavy atom. The smallest absolute Gasteiger partial charge is 0.333 e. The molecule has 0 rings (SSSR count). The molecule has 0 aliphatic carbocycles. The van der Waals surface area contributed by atoms with E-state index in [0.29, 0.717) is 68.0 Å². The minimum Gasteiger partial charge on any atom is -0.466 e. The number of quaternary nitrogens is 1. The van der Waals surface area contributed by atoms with Gasteiger partial charge in [0.05, 0.1) is 66.0 Å². The van der Waals surface area contributed by atoms with Crippen LogP contribution in [0.25, 0.3) is 0 Å². The van der Waals surface area contributed by atoms with E-state index in [4.69, 9.17) is 18.9 Å². The zero-order valence-electron chi connectivity index (χ0n) is 39.7. The van der Waals surface area contributed by atoms with E-state index in [-0.39, 0.29) is 23.9 Å². The van der Waals surface area contributed by atoms with E-state index in [0.717, 1.165) is 103 Å². The maximum absolute atomic E-state index is 12.8. The molecule has 0 aromatic heterocycles. The largest absolute Gasteiger partial charge is 0.466 e. The Bertz CT molecular complexity index is 1040. The van der Waals surface area contributed by atoms with Crippen molar-refractivity contribution in [3.8, 4) is 0 Å². The lowest BCUT2D eigenvalue weighted by atomic mass is 10.0. The number of nitrogens with zero attached hydrogens (tertiary/aromatic N) is 1. The third-order valence-corrected chi connectivity index (χ3v) is 11.5. The number of hydrogen-bond donors (Lipinski definition) is 0. The molecular formula is C51H94NO8+. The van der Waals surface area contributed by atoms with Gasteiger partial charge in [0.25, 0.3) is 0 Å². The second kappa shape index (κ2) is 41.7. The van der Waals surface area contributed by atoms with Crippen molar-refractivity contribution in [2.45, 2.75) is 226 Å². The highest BCUT2D eigenvalue weighted by Gasteiger charge is 2.24. The summed E-state index contributed by atoms with van der Waals surface area (Å²) >= 11 is 0. The number of esters is 4. The lowest BCUT2D eigenvalue weighted by molar-refractivity contribution is -0.908. The van der Waals surface area contributed by atoms with Crippen LogP contribution < -0.4 is 0 Å². The molecule has 0 radical (unpaired) electrons. The Kier molecular flexibility index (Phi) is 39.8. The van der Waals surface area contributed by atoms with E-state index >= 15 is 0 Å². The number of carbonyl (C=O) groups is 4. The van der Waals surface area contributed by atoms with Gasteiger partial charge in [-0.05, 0) is 52.4 Å². The SMILES string of the molecule is C=C(C)C(=O)OCCCCCCCCCCOC(=O)CC[N+](C)(CCCCCCCCCCCCCCCC)CCC(=O)OCCCCCCCCCCOC(=O)C(=C)C. The molecule has 0 N–H and O–H groups in total. The van der Waals surface area contributed by atoms with Crippen molar-refractivity contribution < 1.29 is 42.6 Å². The highest BCUT2D eigenvalue weighted by atomic mass is 16.5. The molecule has 0 aromatic carbocycles. The van der Waals surface area contributed by atoms with E-state index < -0.39 is 0 Å². The molecule has 0 bridgehead atoms. The van der Waals surface area contributed by atoms with Gasteiger partial charge in [0, 0.05) is 11.1 Å². The number of hydrogen-bond acceptors (Lipinski definition) is 8. The summed E-state index contributed by atoms with van der Waals surface area (Å²) in [6.07, 6.45) is 36.2. The van der Waals surface area contributed by atoms with Gasteiger partial charge < -0.3 is 23.4 Å². The molecule has 0 heterocycles. The summed E-state index contributed by atoms with van der Waals surface area (Å²) in [7, 11) is 2.19. The average Bonchev–Trinajstić information content (AvgIpc) is 3.22. The zero-order chi connectivity index (χ0) is 44.4. The van der Waals surface area contributed by atoms with Crippen LogP contribution in [0, 0.1) is 0 Å². The fourth-order valence-electron chi connectivity index (χ4n) is 7.37. The highest BCUT2D eigenvalue weighted by Crippen LogP contribution is 2.16. The van der Waals surface area contributed by atoms with Crippen LogP contribution >= 0.6 is 0 Å². The average molecular weight is 849 g/mol. The first-order valence-electron chi connectivity index (χ1n) is 24.8. The molecule has 0 aliphatic heterocycles. The molecule has 0 aliphatic rings. The number of carbonyl (C=O) groups excluding carboxylic acids is 4. The van der Waals surface area contributed by atoms with E-state index in [2.05, 4.69) is 27.1 Å². The van der Waals surface area contributed by atoms with Crippen LogP contribution in [-0.4, -0.2) is 81.5 Å². The van der Waals surface area contributed by atoms with Gasteiger partial charge in [-0.3, -0.25) is 9.59 Å². The lowest BCUT2D eigenvalue weighted by Crippen LogP contribution is -2.47. The standard InChI is InChI=1S/C51H94NO8/c1-7-8-9-10-11-12-13-14-15-16-17-22-27-32-39-52(6,40-37-48(53)57-42-33-28-23-18-20-25-30-35-44-59-50(55)46(2)3)41-38-49(54)58-43-34-29-24-19-21-26-31-36-45-60-51(56)47(4)5/h2,4,7-45H2,1,3,5-6H3/q+1. The van der Waals surface area contributed by atoms with Crippen molar-refractivity contribution in [1.82, 2.24) is 0 Å². The Balaban J connectivity index is 4.37. The third kappa shape index (κ3) is 39.5. The van der Waals surface area contributed by atoms with Crippen LogP contribution in [-0.2, 0) is 38.1 Å². The third-order valence-electron chi connectivity index (χ3n) is 11.5. The predicted molar refractivity (Wildman–Crippen MR) is 248 cm³/mol. The predicted octanol–water partition coefficient (Wildman–Crippen LogP) is 13.3. The van der Waals surface area contributed by atoms with Crippen LogP contribution in [0.15, 0.2) is 24.3 Å². The topological polar surface area (TPSA) is 105 Å². The van der Waals surface area contributed by atoms with Crippen LogP contribution in [0.5, 0.6) is 0 Å². The molecule has 9 heteroatoms. The van der Waals surface area contributed by atoms with Crippen molar-refractivity contribution in [2.75, 3.05) is 53.1 Å². The molecule has 0 fully saturated rings. The first-order valence-corrected chi connectivity index (χ1v) is 24.8. The zero-order valence-corrected chi connectivity index (χ0v) is 39.7. The van der Waals surface area contributed by atoms with E-state index in [1.165, 1.54) is 96.3 Å². The van der Waals surface area contributed by atoms with Gasteiger partial charge in [-0.15, -0.1) is 0 Å². The van der Waals surface area contributed by atoms with Crippen molar-refractivity contribution in [2.24, 2.45) is 0 Å². The van der Waals surface area contributed by atoms with Crippen LogP contribution in [0.4, 0.5) is 0 Å². The Morgan fingerprint density at radius 1 is 0.367 bits per heavy atom. The molecule has 350 valence electrons. The molecule has 60 heavy (non-hydrogen) atoms. The second-order valence-electron chi connectivity index (χ2n) is 17.8. The molecule has 9 nitrogen and oxygen atoms in total. The maximum atomic E-state index is 12.8. The summed E-state index contributed by atoms with van der Waals surface area (Å²) in [6.45, 7) is 17.0. The van der Waals surface area contributed by atoms with Gasteiger partial charge >= 0.3 is 23.9 Å². The minimum absolute atomic E-state index is 0.140. The van der Waals surface area contributed by atoms with Crippen molar-refractivity contribution >= 4 is 23.9 Å². The van der Waals surface area contributed by atoms with E-state index in [1.54, 1.807) is 13.8 Å². The van der Waals surface area contributed by atoms with Gasteiger partial charge in [-0.25, -0.2) is 9.59 Å². The Hall–Kier alpha value is -2.68. The van der Waals surface area contributed by atoms with Crippen LogP contribution in [0.3, 0.4) is 0 Å². The Labute approximate surface area is 369 Å². The lowest BCUT2D eigenvalue weighted by Gasteiger charge is -2.34. The monoisotopic (exact) mass is 849 g/mol. The molecule has 0 unspecified atom stereocenters. The first kappa shape index (κ1) is 57.3. The van der Waals surface area contributed by atoms with Gasteiger partial charge in [0.1, 0.15) is 0 Å². The summed E-state index contributed by atoms with van der Waals surface area (Å²) in [6, 6.07) is 0. The normalized spacial score (nSPS) is 11.3. The van der Waals surface area contributed by atoms with Gasteiger partial charge in [0.2, 0.25) is 0 Å². The summed E-state index contributed by atoms with van der Waals surface area (Å²) in [5.74, 6) is -0.895. The second-order valence-corrected chi connectivity index (χ2v) is 17.8. The van der Waals surface area contributed by atoms with Crippen molar-refractivity contribution in [3.63, 3.8) is 0 Å². The molecule has 0 aromatic rings. The fourth-order valence-corrected chi connectivity index (χ4v) is 7.37. The summed E-state index contributed by atoms with van der Waals surface area (Å²) < 4.78 is 22.2. The highest BCUT2D eigenvalue weighted by molar-refractivity contribution is 5.87. The molecule has 0 saturated carbocycles. The summed E-state index contributed by atoms with van der Waals surface area (Å²) in [4.78, 5) is 48.4. The summed E-state index contributed by atoms with van der Waals surface area (Å²) in [5.41, 5.74) is 0.888. The van der Waals surface area contributed by atoms with Gasteiger partial charge in [0.15, 0.2) is 0 Å². The molecule has 0 spiro atoms. The quantitative estimate of drug-likeness (QED) is 0.0196. The molecule has 0 atom stereocenters. The molecule has 0 saturated heterocycles. The van der Waals surface area contributed by atoms with Crippen molar-refractivity contribution in [3.05, 3.63) is 24.3 Å². The van der Waals surface area contributed by atoms with Crippen molar-refractivity contribution in [1.29, 1.82) is 0 Å². The number of rotatable bonds is 45. The van der Waals surface area contributed by atoms with E-state index in [9.17, 15) is 19.2 Å². The van der Waals surface area contributed by atoms with Crippen LogP contribution in [0.1, 0.15) is 226 Å².